The molecule has 0 spiro atoms. The Bertz CT molecular complexity index is 242. The predicted octanol–water partition coefficient (Wildman–Crippen LogP) is 2.96. The van der Waals surface area contributed by atoms with Crippen molar-refractivity contribution in [1.82, 2.24) is 15.1 Å². The normalized spacial score (nSPS) is 25.9. The topological polar surface area (TPSA) is 18.5 Å². The molecule has 0 saturated heterocycles. The Morgan fingerprint density at radius 3 is 2.40 bits per heavy atom. The molecule has 1 rings (SSSR count). The Balaban J connectivity index is 2.71. The van der Waals surface area contributed by atoms with Crippen molar-refractivity contribution in [3.05, 3.63) is 0 Å². The summed E-state index contributed by atoms with van der Waals surface area (Å²) in [6, 6.07) is 2.06. The largest absolute Gasteiger partial charge is 0.312 e. The summed E-state index contributed by atoms with van der Waals surface area (Å²) in [7, 11) is 4.37. The quantitative estimate of drug-likeness (QED) is 0.691. The maximum absolute atomic E-state index is 3.83. The van der Waals surface area contributed by atoms with E-state index in [1.807, 2.05) is 0 Å². The molecule has 1 saturated carbocycles. The second kappa shape index (κ2) is 9.75. The van der Waals surface area contributed by atoms with E-state index in [2.05, 4.69) is 50.0 Å². The lowest BCUT2D eigenvalue weighted by Crippen LogP contribution is -2.54. The summed E-state index contributed by atoms with van der Waals surface area (Å²) in [4.78, 5) is 5.07. The summed E-state index contributed by atoms with van der Waals surface area (Å²) in [5.74, 6) is 0. The molecule has 1 aliphatic rings. The zero-order valence-corrected chi connectivity index (χ0v) is 14.5. The summed E-state index contributed by atoms with van der Waals surface area (Å²) >= 11 is 0. The number of nitrogens with one attached hydrogen (secondary N) is 1. The molecule has 0 bridgehead atoms. The van der Waals surface area contributed by atoms with Crippen LogP contribution in [0.3, 0.4) is 0 Å². The average Bonchev–Trinajstić information content (AvgIpc) is 2.62. The van der Waals surface area contributed by atoms with Gasteiger partial charge in [-0.1, -0.05) is 33.1 Å². The number of rotatable bonds is 8. The van der Waals surface area contributed by atoms with Crippen LogP contribution in [0.25, 0.3) is 0 Å². The Kier molecular flexibility index (Phi) is 8.74. The van der Waals surface area contributed by atoms with E-state index in [9.17, 15) is 0 Å². The molecule has 120 valence electrons. The minimum Gasteiger partial charge on any atom is -0.312 e. The first-order valence-corrected chi connectivity index (χ1v) is 8.74. The summed E-state index contributed by atoms with van der Waals surface area (Å²) in [6.45, 7) is 10.5. The van der Waals surface area contributed by atoms with Crippen LogP contribution in [0.15, 0.2) is 0 Å². The monoisotopic (exact) mass is 283 g/mol. The van der Waals surface area contributed by atoms with Crippen LogP contribution in [0.2, 0.25) is 0 Å². The van der Waals surface area contributed by atoms with E-state index in [-0.39, 0.29) is 0 Å². The molecule has 1 fully saturated rings. The van der Waals surface area contributed by atoms with Gasteiger partial charge in [-0.05, 0) is 53.4 Å². The fourth-order valence-electron chi connectivity index (χ4n) is 3.76. The fourth-order valence-corrected chi connectivity index (χ4v) is 3.76. The Hall–Kier alpha value is -0.120. The molecule has 3 heteroatoms. The molecule has 1 aliphatic carbocycles. The van der Waals surface area contributed by atoms with E-state index < -0.39 is 0 Å². The molecule has 3 unspecified atom stereocenters. The molecule has 0 aliphatic heterocycles. The first-order chi connectivity index (χ1) is 9.60. The van der Waals surface area contributed by atoms with Gasteiger partial charge in [0.05, 0.1) is 0 Å². The third-order valence-electron chi connectivity index (χ3n) is 4.62. The second-order valence-corrected chi connectivity index (χ2v) is 6.71. The maximum atomic E-state index is 3.83. The van der Waals surface area contributed by atoms with Crippen molar-refractivity contribution < 1.29 is 0 Å². The van der Waals surface area contributed by atoms with Gasteiger partial charge in [0.25, 0.3) is 0 Å². The molecule has 0 radical (unpaired) electrons. The number of nitrogens with zero attached hydrogens (tertiary/aromatic N) is 2. The predicted molar refractivity (Wildman–Crippen MR) is 89.4 cm³/mol. The highest BCUT2D eigenvalue weighted by molar-refractivity contribution is 4.89. The Morgan fingerprint density at radius 2 is 1.80 bits per heavy atom. The van der Waals surface area contributed by atoms with Crippen molar-refractivity contribution in [3.8, 4) is 0 Å². The highest BCUT2D eigenvalue weighted by atomic mass is 15.2. The van der Waals surface area contributed by atoms with Crippen molar-refractivity contribution in [2.24, 2.45) is 0 Å². The number of likely N-dealkylation sites (N-methyl/N-ethyl adjacent to an activating group) is 2. The van der Waals surface area contributed by atoms with Crippen LogP contribution in [-0.2, 0) is 0 Å². The van der Waals surface area contributed by atoms with Crippen LogP contribution in [0.5, 0.6) is 0 Å². The maximum Gasteiger partial charge on any atom is 0.0252 e. The van der Waals surface area contributed by atoms with Gasteiger partial charge in [-0.25, -0.2) is 0 Å². The van der Waals surface area contributed by atoms with Gasteiger partial charge >= 0.3 is 0 Å². The van der Waals surface area contributed by atoms with Crippen molar-refractivity contribution in [3.63, 3.8) is 0 Å². The summed E-state index contributed by atoms with van der Waals surface area (Å²) in [5, 5.41) is 3.83. The average molecular weight is 284 g/mol. The van der Waals surface area contributed by atoms with E-state index in [4.69, 9.17) is 0 Å². The molecule has 0 heterocycles. The molecule has 20 heavy (non-hydrogen) atoms. The van der Waals surface area contributed by atoms with Gasteiger partial charge in [0.2, 0.25) is 0 Å². The SMILES string of the molecule is CCCNC1CCCCCC1N(CC)C(C)CN(C)C. The van der Waals surface area contributed by atoms with Crippen molar-refractivity contribution >= 4 is 0 Å². The third-order valence-corrected chi connectivity index (χ3v) is 4.62. The van der Waals surface area contributed by atoms with Gasteiger partial charge in [0.15, 0.2) is 0 Å². The fraction of sp³-hybridized carbons (Fsp3) is 1.00. The number of hydrogen-bond donors (Lipinski definition) is 1. The second-order valence-electron chi connectivity index (χ2n) is 6.71. The standard InChI is InChI=1S/C17H37N3/c1-6-13-18-16-11-9-8-10-12-17(16)20(7-2)15(3)14-19(4)5/h15-18H,6-14H2,1-5H3. The van der Waals surface area contributed by atoms with E-state index >= 15 is 0 Å². The molecular formula is C17H37N3. The van der Waals surface area contributed by atoms with Crippen LogP contribution in [0.1, 0.15) is 59.3 Å². The van der Waals surface area contributed by atoms with Crippen LogP contribution in [0.4, 0.5) is 0 Å². The number of hydrogen-bond acceptors (Lipinski definition) is 3. The molecule has 0 aromatic carbocycles. The van der Waals surface area contributed by atoms with E-state index in [1.165, 1.54) is 51.6 Å². The molecule has 3 atom stereocenters. The van der Waals surface area contributed by atoms with Gasteiger partial charge in [-0.15, -0.1) is 0 Å². The van der Waals surface area contributed by atoms with Crippen LogP contribution < -0.4 is 5.32 Å². The molecule has 1 N–H and O–H groups in total. The van der Waals surface area contributed by atoms with Crippen LogP contribution in [0, 0.1) is 0 Å². The van der Waals surface area contributed by atoms with Crippen LogP contribution >= 0.6 is 0 Å². The van der Waals surface area contributed by atoms with E-state index in [0.29, 0.717) is 12.1 Å². The highest BCUT2D eigenvalue weighted by Crippen LogP contribution is 2.24. The molecule has 0 aromatic heterocycles. The lowest BCUT2D eigenvalue weighted by Gasteiger charge is -2.40. The van der Waals surface area contributed by atoms with Gasteiger partial charge in [-0.3, -0.25) is 4.90 Å². The molecule has 0 amide bonds. The Morgan fingerprint density at radius 1 is 1.10 bits per heavy atom. The summed E-state index contributed by atoms with van der Waals surface area (Å²) in [6.07, 6.45) is 8.18. The summed E-state index contributed by atoms with van der Waals surface area (Å²) in [5.41, 5.74) is 0. The first kappa shape index (κ1) is 17.9. The molecule has 0 aromatic rings. The lowest BCUT2D eigenvalue weighted by atomic mass is 9.99. The van der Waals surface area contributed by atoms with Gasteiger partial charge in [0.1, 0.15) is 0 Å². The lowest BCUT2D eigenvalue weighted by molar-refractivity contribution is 0.0958. The van der Waals surface area contributed by atoms with Crippen molar-refractivity contribution in [1.29, 1.82) is 0 Å². The minimum atomic E-state index is 0.643. The highest BCUT2D eigenvalue weighted by Gasteiger charge is 2.30. The van der Waals surface area contributed by atoms with Crippen molar-refractivity contribution in [2.75, 3.05) is 33.7 Å². The minimum absolute atomic E-state index is 0.643. The molecular weight excluding hydrogens is 246 g/mol. The van der Waals surface area contributed by atoms with Crippen molar-refractivity contribution in [2.45, 2.75) is 77.4 Å². The first-order valence-electron chi connectivity index (χ1n) is 8.74. The molecule has 3 nitrogen and oxygen atoms in total. The van der Waals surface area contributed by atoms with Crippen LogP contribution in [-0.4, -0.2) is 61.7 Å². The van der Waals surface area contributed by atoms with Gasteiger partial charge in [-0.2, -0.15) is 0 Å². The Labute approximate surface area is 127 Å². The van der Waals surface area contributed by atoms with E-state index in [0.717, 1.165) is 12.6 Å². The third kappa shape index (κ3) is 5.71. The zero-order valence-electron chi connectivity index (χ0n) is 14.5. The smallest absolute Gasteiger partial charge is 0.0252 e. The van der Waals surface area contributed by atoms with E-state index in [1.54, 1.807) is 0 Å². The van der Waals surface area contributed by atoms with Gasteiger partial charge < -0.3 is 10.2 Å². The summed E-state index contributed by atoms with van der Waals surface area (Å²) < 4.78 is 0. The van der Waals surface area contributed by atoms with Gasteiger partial charge in [0, 0.05) is 24.7 Å². The zero-order chi connectivity index (χ0) is 15.0.